The molecule has 0 saturated carbocycles. The third kappa shape index (κ3) is 5.71. The van der Waals surface area contributed by atoms with Gasteiger partial charge in [0.15, 0.2) is 15.8 Å². The first-order valence-electron chi connectivity index (χ1n) is 6.65. The van der Waals surface area contributed by atoms with Crippen LogP contribution in [0.15, 0.2) is 4.99 Å². The van der Waals surface area contributed by atoms with Crippen LogP contribution in [-0.4, -0.2) is 45.5 Å². The van der Waals surface area contributed by atoms with Crippen molar-refractivity contribution in [3.05, 3.63) is 0 Å². The molecule has 0 bridgehead atoms. The van der Waals surface area contributed by atoms with E-state index in [2.05, 4.69) is 29.5 Å². The van der Waals surface area contributed by atoms with Crippen LogP contribution in [0.25, 0.3) is 0 Å². The van der Waals surface area contributed by atoms with Crippen LogP contribution in [0, 0.1) is 11.8 Å². The molecular formula is C12H25N3O2S. The Kier molecular flexibility index (Phi) is 5.91. The first-order chi connectivity index (χ1) is 8.43. The number of guanidine groups is 1. The summed E-state index contributed by atoms with van der Waals surface area (Å²) in [4.78, 5) is 4.46. The van der Waals surface area contributed by atoms with Gasteiger partial charge in [-0.1, -0.05) is 13.8 Å². The molecule has 0 aromatic carbocycles. The Morgan fingerprint density at radius 2 is 2.11 bits per heavy atom. The maximum Gasteiger partial charge on any atom is 0.191 e. The number of rotatable bonds is 5. The molecule has 1 saturated heterocycles. The van der Waals surface area contributed by atoms with Gasteiger partial charge in [0.2, 0.25) is 0 Å². The van der Waals surface area contributed by atoms with Crippen LogP contribution >= 0.6 is 0 Å². The van der Waals surface area contributed by atoms with Crippen LogP contribution in [0.4, 0.5) is 0 Å². The van der Waals surface area contributed by atoms with Gasteiger partial charge >= 0.3 is 0 Å². The smallest absolute Gasteiger partial charge is 0.191 e. The first-order valence-corrected chi connectivity index (χ1v) is 8.47. The second-order valence-electron chi connectivity index (χ2n) is 5.26. The molecule has 1 heterocycles. The minimum Gasteiger partial charge on any atom is -0.357 e. The van der Waals surface area contributed by atoms with Crippen molar-refractivity contribution in [1.29, 1.82) is 0 Å². The summed E-state index contributed by atoms with van der Waals surface area (Å²) in [6, 6.07) is 0. The van der Waals surface area contributed by atoms with Gasteiger partial charge in [-0.25, -0.2) is 8.42 Å². The van der Waals surface area contributed by atoms with E-state index in [1.54, 1.807) is 0 Å². The molecule has 5 nitrogen and oxygen atoms in total. The van der Waals surface area contributed by atoms with Gasteiger partial charge in [0.05, 0.1) is 11.5 Å². The molecule has 0 amide bonds. The topological polar surface area (TPSA) is 70.6 Å². The molecule has 1 aliphatic heterocycles. The molecule has 106 valence electrons. The monoisotopic (exact) mass is 275 g/mol. The Morgan fingerprint density at radius 1 is 1.39 bits per heavy atom. The third-order valence-electron chi connectivity index (χ3n) is 2.84. The van der Waals surface area contributed by atoms with Crippen molar-refractivity contribution in [3.63, 3.8) is 0 Å². The van der Waals surface area contributed by atoms with Gasteiger partial charge < -0.3 is 10.6 Å². The molecule has 0 spiro atoms. The van der Waals surface area contributed by atoms with Crippen LogP contribution in [0.5, 0.6) is 0 Å². The van der Waals surface area contributed by atoms with Gasteiger partial charge in [0.1, 0.15) is 0 Å². The first kappa shape index (κ1) is 15.3. The Labute approximate surface area is 110 Å². The minimum absolute atomic E-state index is 0.220. The summed E-state index contributed by atoms with van der Waals surface area (Å²) in [5, 5.41) is 6.40. The average molecular weight is 275 g/mol. The highest BCUT2D eigenvalue weighted by Gasteiger charge is 2.27. The summed E-state index contributed by atoms with van der Waals surface area (Å²) in [6.45, 7) is 8.54. The van der Waals surface area contributed by atoms with Crippen molar-refractivity contribution in [2.24, 2.45) is 16.8 Å². The van der Waals surface area contributed by atoms with Gasteiger partial charge in [0, 0.05) is 19.6 Å². The second kappa shape index (κ2) is 6.97. The number of sulfone groups is 1. The molecule has 0 radical (unpaired) electrons. The summed E-state index contributed by atoms with van der Waals surface area (Å²) in [5.74, 6) is 2.17. The quantitative estimate of drug-likeness (QED) is 0.570. The summed E-state index contributed by atoms with van der Waals surface area (Å²) >= 11 is 0. The van der Waals surface area contributed by atoms with Crippen molar-refractivity contribution < 1.29 is 8.42 Å². The summed E-state index contributed by atoms with van der Waals surface area (Å²) in [6.07, 6.45) is 0.763. The summed E-state index contributed by atoms with van der Waals surface area (Å²) in [5.41, 5.74) is 0. The molecule has 0 aliphatic carbocycles. The van der Waals surface area contributed by atoms with E-state index >= 15 is 0 Å². The van der Waals surface area contributed by atoms with Gasteiger partial charge in [0.25, 0.3) is 0 Å². The molecule has 18 heavy (non-hydrogen) atoms. The van der Waals surface area contributed by atoms with E-state index in [1.807, 2.05) is 6.92 Å². The van der Waals surface area contributed by atoms with Crippen LogP contribution in [-0.2, 0) is 9.84 Å². The van der Waals surface area contributed by atoms with Crippen LogP contribution in [0.2, 0.25) is 0 Å². The largest absolute Gasteiger partial charge is 0.357 e. The standard InChI is InChI=1S/C12H25N3O2S/c1-4-13-12(14-7-10(2)3)15-8-11-5-6-18(16,17)9-11/h10-11H,4-9H2,1-3H3,(H2,13,14,15). The molecule has 1 rings (SSSR count). The molecule has 1 fully saturated rings. The Balaban J connectivity index is 2.40. The number of hydrogen-bond acceptors (Lipinski definition) is 3. The van der Waals surface area contributed by atoms with Crippen molar-refractivity contribution in [1.82, 2.24) is 10.6 Å². The van der Waals surface area contributed by atoms with E-state index < -0.39 is 9.84 Å². The van der Waals surface area contributed by atoms with Gasteiger partial charge in [-0.2, -0.15) is 0 Å². The van der Waals surface area contributed by atoms with Gasteiger partial charge in [-0.05, 0) is 25.2 Å². The number of aliphatic imine (C=N–C) groups is 1. The zero-order valence-corrected chi connectivity index (χ0v) is 12.4. The zero-order valence-electron chi connectivity index (χ0n) is 11.6. The van der Waals surface area contributed by atoms with Gasteiger partial charge in [-0.15, -0.1) is 0 Å². The molecule has 2 N–H and O–H groups in total. The lowest BCUT2D eigenvalue weighted by atomic mass is 10.1. The van der Waals surface area contributed by atoms with E-state index in [0.29, 0.717) is 24.0 Å². The molecule has 1 atom stereocenters. The number of nitrogens with one attached hydrogen (secondary N) is 2. The maximum atomic E-state index is 11.4. The Morgan fingerprint density at radius 3 is 2.61 bits per heavy atom. The van der Waals surface area contributed by atoms with E-state index in [-0.39, 0.29) is 5.92 Å². The van der Waals surface area contributed by atoms with Crippen LogP contribution < -0.4 is 10.6 Å². The number of hydrogen-bond donors (Lipinski definition) is 2. The van der Waals surface area contributed by atoms with E-state index in [0.717, 1.165) is 25.5 Å². The molecular weight excluding hydrogens is 250 g/mol. The highest BCUT2D eigenvalue weighted by Crippen LogP contribution is 2.17. The molecule has 6 heteroatoms. The zero-order chi connectivity index (χ0) is 13.6. The predicted molar refractivity (Wildman–Crippen MR) is 75.6 cm³/mol. The molecule has 1 unspecified atom stereocenters. The van der Waals surface area contributed by atoms with Crippen LogP contribution in [0.1, 0.15) is 27.2 Å². The lowest BCUT2D eigenvalue weighted by Gasteiger charge is -2.14. The average Bonchev–Trinajstić information content (AvgIpc) is 2.62. The molecule has 1 aliphatic rings. The maximum absolute atomic E-state index is 11.4. The van der Waals surface area contributed by atoms with Crippen molar-refractivity contribution in [3.8, 4) is 0 Å². The molecule has 0 aromatic rings. The highest BCUT2D eigenvalue weighted by atomic mass is 32.2. The summed E-state index contributed by atoms with van der Waals surface area (Å²) < 4.78 is 22.7. The van der Waals surface area contributed by atoms with Gasteiger partial charge in [-0.3, -0.25) is 4.99 Å². The number of nitrogens with zero attached hydrogens (tertiary/aromatic N) is 1. The summed E-state index contributed by atoms with van der Waals surface area (Å²) in [7, 11) is -2.78. The fourth-order valence-corrected chi connectivity index (χ4v) is 3.75. The van der Waals surface area contributed by atoms with E-state index in [4.69, 9.17) is 0 Å². The SMILES string of the molecule is CCNC(=NCC(C)C)NCC1CCS(=O)(=O)C1. The van der Waals surface area contributed by atoms with Crippen LogP contribution in [0.3, 0.4) is 0 Å². The normalized spacial score (nSPS) is 23.3. The third-order valence-corrected chi connectivity index (χ3v) is 4.68. The second-order valence-corrected chi connectivity index (χ2v) is 7.49. The predicted octanol–water partition coefficient (Wildman–Crippen LogP) is 0.632. The Hall–Kier alpha value is -0.780. The van der Waals surface area contributed by atoms with Crippen molar-refractivity contribution in [2.45, 2.75) is 27.2 Å². The Bertz CT molecular complexity index is 377. The van der Waals surface area contributed by atoms with E-state index in [9.17, 15) is 8.42 Å². The van der Waals surface area contributed by atoms with Crippen molar-refractivity contribution >= 4 is 15.8 Å². The fraction of sp³-hybridized carbons (Fsp3) is 0.917. The van der Waals surface area contributed by atoms with E-state index in [1.165, 1.54) is 0 Å². The lowest BCUT2D eigenvalue weighted by Crippen LogP contribution is -2.40. The lowest BCUT2D eigenvalue weighted by molar-refractivity contribution is 0.565. The van der Waals surface area contributed by atoms with Crippen molar-refractivity contribution in [2.75, 3.05) is 31.1 Å². The fourth-order valence-electron chi connectivity index (χ4n) is 1.89. The highest BCUT2D eigenvalue weighted by molar-refractivity contribution is 7.91. The minimum atomic E-state index is -2.78. The molecule has 0 aromatic heterocycles.